The molecule has 0 aliphatic heterocycles. The van der Waals surface area contributed by atoms with Crippen molar-refractivity contribution in [2.45, 2.75) is 37.6 Å². The zero-order valence-electron chi connectivity index (χ0n) is 8.67. The first kappa shape index (κ1) is 11.0. The van der Waals surface area contributed by atoms with Crippen molar-refractivity contribution in [1.29, 1.82) is 0 Å². The van der Waals surface area contributed by atoms with Crippen LogP contribution in [0.4, 0.5) is 0 Å². The minimum Gasteiger partial charge on any atom is -0.507 e. The Hall–Kier alpha value is -0.540. The van der Waals surface area contributed by atoms with Crippen LogP contribution in [-0.2, 0) is 5.54 Å². The van der Waals surface area contributed by atoms with E-state index >= 15 is 0 Å². The summed E-state index contributed by atoms with van der Waals surface area (Å²) >= 11 is 3.33. The van der Waals surface area contributed by atoms with Gasteiger partial charge in [-0.05, 0) is 46.5 Å². The van der Waals surface area contributed by atoms with E-state index in [1.807, 2.05) is 12.1 Å². The van der Waals surface area contributed by atoms with Crippen molar-refractivity contribution in [2.75, 3.05) is 0 Å². The van der Waals surface area contributed by atoms with Gasteiger partial charge < -0.3 is 10.8 Å². The standard InChI is InChI=1S/C12H16BrNO/c13-10-8-9(4-5-11(10)15)12(14)6-2-1-3-7-12/h4-5,8,15H,1-3,6-7,14H2. The molecule has 3 N–H and O–H groups in total. The molecule has 82 valence electrons. The van der Waals surface area contributed by atoms with E-state index in [4.69, 9.17) is 5.73 Å². The fourth-order valence-corrected chi connectivity index (χ4v) is 2.67. The molecule has 1 saturated carbocycles. The summed E-state index contributed by atoms with van der Waals surface area (Å²) in [7, 11) is 0. The highest BCUT2D eigenvalue weighted by Crippen LogP contribution is 2.37. The zero-order chi connectivity index (χ0) is 10.9. The molecular weight excluding hydrogens is 254 g/mol. The number of phenols is 1. The normalized spacial score (nSPS) is 20.1. The van der Waals surface area contributed by atoms with Crippen LogP contribution in [0.5, 0.6) is 5.75 Å². The molecule has 1 aliphatic carbocycles. The van der Waals surface area contributed by atoms with Gasteiger partial charge in [0.05, 0.1) is 4.47 Å². The molecule has 0 spiro atoms. The number of nitrogens with two attached hydrogens (primary N) is 1. The predicted octanol–water partition coefficient (Wildman–Crippen LogP) is 3.27. The summed E-state index contributed by atoms with van der Waals surface area (Å²) < 4.78 is 0.732. The van der Waals surface area contributed by atoms with Crippen LogP contribution in [0.3, 0.4) is 0 Å². The Kier molecular flexibility index (Phi) is 3.03. The summed E-state index contributed by atoms with van der Waals surface area (Å²) in [4.78, 5) is 0. The van der Waals surface area contributed by atoms with Crippen molar-refractivity contribution in [3.05, 3.63) is 28.2 Å². The molecule has 0 radical (unpaired) electrons. The van der Waals surface area contributed by atoms with E-state index in [1.165, 1.54) is 19.3 Å². The molecule has 1 aromatic rings. The van der Waals surface area contributed by atoms with Gasteiger partial charge in [-0.3, -0.25) is 0 Å². The molecule has 1 aromatic carbocycles. The number of benzene rings is 1. The fourth-order valence-electron chi connectivity index (χ4n) is 2.29. The number of hydrogen-bond donors (Lipinski definition) is 2. The molecule has 0 amide bonds. The summed E-state index contributed by atoms with van der Waals surface area (Å²) in [5.74, 6) is 0.276. The van der Waals surface area contributed by atoms with Crippen molar-refractivity contribution in [3.63, 3.8) is 0 Å². The molecular formula is C12H16BrNO. The molecule has 1 fully saturated rings. The third-order valence-corrected chi connectivity index (χ3v) is 3.90. The Morgan fingerprint density at radius 2 is 1.87 bits per heavy atom. The van der Waals surface area contributed by atoms with Crippen molar-refractivity contribution in [1.82, 2.24) is 0 Å². The molecule has 0 unspecified atom stereocenters. The molecule has 0 heterocycles. The monoisotopic (exact) mass is 269 g/mol. The third kappa shape index (κ3) is 2.18. The summed E-state index contributed by atoms with van der Waals surface area (Å²) in [5.41, 5.74) is 7.34. The molecule has 2 rings (SSSR count). The topological polar surface area (TPSA) is 46.2 Å². The van der Waals surface area contributed by atoms with Crippen LogP contribution in [0.25, 0.3) is 0 Å². The van der Waals surface area contributed by atoms with Gasteiger partial charge in [0.1, 0.15) is 5.75 Å². The second-order valence-electron chi connectivity index (χ2n) is 4.38. The second kappa shape index (κ2) is 4.14. The van der Waals surface area contributed by atoms with Gasteiger partial charge in [-0.15, -0.1) is 0 Å². The maximum Gasteiger partial charge on any atom is 0.129 e. The Morgan fingerprint density at radius 1 is 1.20 bits per heavy atom. The molecule has 3 heteroatoms. The molecule has 15 heavy (non-hydrogen) atoms. The lowest BCUT2D eigenvalue weighted by atomic mass is 9.77. The van der Waals surface area contributed by atoms with Gasteiger partial charge in [-0.25, -0.2) is 0 Å². The first-order valence-electron chi connectivity index (χ1n) is 5.40. The highest BCUT2D eigenvalue weighted by atomic mass is 79.9. The van der Waals surface area contributed by atoms with Gasteiger partial charge in [0.2, 0.25) is 0 Å². The lowest BCUT2D eigenvalue weighted by Crippen LogP contribution is -2.38. The van der Waals surface area contributed by atoms with Crippen LogP contribution in [0.1, 0.15) is 37.7 Å². The van der Waals surface area contributed by atoms with Crippen molar-refractivity contribution < 1.29 is 5.11 Å². The predicted molar refractivity (Wildman–Crippen MR) is 64.8 cm³/mol. The van der Waals surface area contributed by atoms with Gasteiger partial charge >= 0.3 is 0 Å². The summed E-state index contributed by atoms with van der Waals surface area (Å²) in [5, 5.41) is 9.44. The minimum absolute atomic E-state index is 0.186. The second-order valence-corrected chi connectivity index (χ2v) is 5.24. The lowest BCUT2D eigenvalue weighted by molar-refractivity contribution is 0.302. The van der Waals surface area contributed by atoms with E-state index in [0.717, 1.165) is 22.9 Å². The largest absolute Gasteiger partial charge is 0.507 e. The van der Waals surface area contributed by atoms with Crippen LogP contribution in [0.2, 0.25) is 0 Å². The van der Waals surface area contributed by atoms with Gasteiger partial charge in [-0.2, -0.15) is 0 Å². The van der Waals surface area contributed by atoms with Crippen molar-refractivity contribution >= 4 is 15.9 Å². The Labute approximate surface area is 98.6 Å². The molecule has 0 bridgehead atoms. The summed E-state index contributed by atoms with van der Waals surface area (Å²) in [6.07, 6.45) is 5.79. The Bertz CT molecular complexity index is 359. The first-order chi connectivity index (χ1) is 7.12. The van der Waals surface area contributed by atoms with E-state index in [0.29, 0.717) is 0 Å². The molecule has 0 atom stereocenters. The SMILES string of the molecule is NC1(c2ccc(O)c(Br)c2)CCCCC1. The van der Waals surface area contributed by atoms with E-state index in [1.54, 1.807) is 6.07 Å². The van der Waals surface area contributed by atoms with Crippen LogP contribution in [0.15, 0.2) is 22.7 Å². The van der Waals surface area contributed by atoms with Crippen molar-refractivity contribution in [3.8, 4) is 5.75 Å². The molecule has 2 nitrogen and oxygen atoms in total. The van der Waals surface area contributed by atoms with Gasteiger partial charge in [0.25, 0.3) is 0 Å². The Balaban J connectivity index is 2.31. The van der Waals surface area contributed by atoms with E-state index in [9.17, 15) is 5.11 Å². The number of phenolic OH excluding ortho intramolecular Hbond substituents is 1. The summed E-state index contributed by atoms with van der Waals surface area (Å²) in [6, 6.07) is 5.59. The number of halogens is 1. The highest BCUT2D eigenvalue weighted by molar-refractivity contribution is 9.10. The third-order valence-electron chi connectivity index (χ3n) is 3.27. The molecule has 1 aliphatic rings. The minimum atomic E-state index is -0.186. The maximum absolute atomic E-state index is 9.44. The van der Waals surface area contributed by atoms with Gasteiger partial charge in [-0.1, -0.05) is 25.3 Å². The average Bonchev–Trinajstić information content (AvgIpc) is 2.23. The van der Waals surface area contributed by atoms with Crippen molar-refractivity contribution in [2.24, 2.45) is 5.73 Å². The lowest BCUT2D eigenvalue weighted by Gasteiger charge is -2.34. The quantitative estimate of drug-likeness (QED) is 0.822. The maximum atomic E-state index is 9.44. The first-order valence-corrected chi connectivity index (χ1v) is 6.19. The van der Waals surface area contributed by atoms with Crippen LogP contribution in [-0.4, -0.2) is 5.11 Å². The van der Waals surface area contributed by atoms with E-state index in [-0.39, 0.29) is 11.3 Å². The average molecular weight is 270 g/mol. The molecule has 0 aromatic heterocycles. The smallest absolute Gasteiger partial charge is 0.129 e. The highest BCUT2D eigenvalue weighted by Gasteiger charge is 2.29. The van der Waals surface area contributed by atoms with E-state index in [2.05, 4.69) is 15.9 Å². The Morgan fingerprint density at radius 3 is 2.47 bits per heavy atom. The van der Waals surface area contributed by atoms with Gasteiger partial charge in [0.15, 0.2) is 0 Å². The number of rotatable bonds is 1. The fraction of sp³-hybridized carbons (Fsp3) is 0.500. The van der Waals surface area contributed by atoms with Crippen LogP contribution < -0.4 is 5.73 Å². The van der Waals surface area contributed by atoms with Crippen LogP contribution in [0, 0.1) is 0 Å². The molecule has 0 saturated heterocycles. The summed E-state index contributed by atoms with van der Waals surface area (Å²) in [6.45, 7) is 0. The van der Waals surface area contributed by atoms with Gasteiger partial charge in [0, 0.05) is 5.54 Å². The van der Waals surface area contributed by atoms with E-state index < -0.39 is 0 Å². The van der Waals surface area contributed by atoms with Crippen LogP contribution >= 0.6 is 15.9 Å². The number of aromatic hydroxyl groups is 1. The zero-order valence-corrected chi connectivity index (χ0v) is 10.3. The number of hydrogen-bond acceptors (Lipinski definition) is 2.